The summed E-state index contributed by atoms with van der Waals surface area (Å²) >= 11 is 0. The van der Waals surface area contributed by atoms with E-state index in [9.17, 15) is 4.39 Å². The average molecular weight is 391 g/mol. The molecular weight excluding hydrogens is 365 g/mol. The number of nitrogens with zero attached hydrogens (tertiary/aromatic N) is 3. The van der Waals surface area contributed by atoms with Crippen molar-refractivity contribution in [1.82, 2.24) is 9.80 Å². The Morgan fingerprint density at radius 3 is 2.55 bits per heavy atom. The van der Waals surface area contributed by atoms with Crippen LogP contribution in [0.4, 0.5) is 4.39 Å². The normalized spacial score (nSPS) is 32.8. The first-order valence-electron chi connectivity index (χ1n) is 10.8. The SMILES string of the molecule is Fc1ccc([C@H]2c3ccccc3CCN2C2=N[C@]3(CO2)CN2CCC3CC2)cc1. The molecule has 5 aliphatic heterocycles. The molecule has 0 unspecified atom stereocenters. The van der Waals surface area contributed by atoms with Gasteiger partial charge in [-0.1, -0.05) is 36.4 Å². The quantitative estimate of drug-likeness (QED) is 0.743. The predicted molar refractivity (Wildman–Crippen MR) is 110 cm³/mol. The Morgan fingerprint density at radius 1 is 1.00 bits per heavy atom. The second-order valence-electron chi connectivity index (χ2n) is 8.93. The van der Waals surface area contributed by atoms with E-state index in [2.05, 4.69) is 34.1 Å². The van der Waals surface area contributed by atoms with Gasteiger partial charge in [-0.15, -0.1) is 0 Å². The van der Waals surface area contributed by atoms with Gasteiger partial charge in [0.15, 0.2) is 0 Å². The van der Waals surface area contributed by atoms with E-state index in [0.717, 1.165) is 31.1 Å². The smallest absolute Gasteiger partial charge is 0.288 e. The highest BCUT2D eigenvalue weighted by Gasteiger charge is 2.51. The first-order chi connectivity index (χ1) is 14.2. The number of hydrogen-bond donors (Lipinski definition) is 0. The molecule has 29 heavy (non-hydrogen) atoms. The van der Waals surface area contributed by atoms with Gasteiger partial charge in [0.25, 0.3) is 6.02 Å². The zero-order valence-corrected chi connectivity index (χ0v) is 16.6. The number of amidine groups is 1. The third kappa shape index (κ3) is 2.78. The van der Waals surface area contributed by atoms with E-state index in [-0.39, 0.29) is 17.4 Å². The highest BCUT2D eigenvalue weighted by atomic mass is 19.1. The van der Waals surface area contributed by atoms with Gasteiger partial charge in [-0.3, -0.25) is 0 Å². The maximum atomic E-state index is 13.6. The molecule has 1 spiro atoms. The van der Waals surface area contributed by atoms with Crippen molar-refractivity contribution >= 4 is 6.02 Å². The molecule has 2 atom stereocenters. The van der Waals surface area contributed by atoms with Crippen LogP contribution in [0.2, 0.25) is 0 Å². The minimum Gasteiger partial charge on any atom is -0.462 e. The second kappa shape index (κ2) is 6.56. The van der Waals surface area contributed by atoms with Gasteiger partial charge in [0.05, 0.1) is 6.04 Å². The number of aliphatic imine (C=N–C) groups is 1. The first-order valence-corrected chi connectivity index (χ1v) is 10.8. The van der Waals surface area contributed by atoms with Gasteiger partial charge in [-0.05, 0) is 67.1 Å². The van der Waals surface area contributed by atoms with Gasteiger partial charge in [-0.2, -0.15) is 0 Å². The molecule has 3 fully saturated rings. The number of rotatable bonds is 1. The van der Waals surface area contributed by atoms with Crippen LogP contribution in [0.3, 0.4) is 0 Å². The number of hydrogen-bond acceptors (Lipinski definition) is 4. The molecule has 5 heteroatoms. The lowest BCUT2D eigenvalue weighted by molar-refractivity contribution is 0.0157. The molecule has 0 radical (unpaired) electrons. The van der Waals surface area contributed by atoms with Crippen molar-refractivity contribution in [3.8, 4) is 0 Å². The van der Waals surface area contributed by atoms with E-state index in [4.69, 9.17) is 9.73 Å². The molecule has 2 bridgehead atoms. The van der Waals surface area contributed by atoms with Gasteiger partial charge in [0.2, 0.25) is 0 Å². The summed E-state index contributed by atoms with van der Waals surface area (Å²) < 4.78 is 19.9. The number of halogens is 1. The number of benzene rings is 2. The average Bonchev–Trinajstić information content (AvgIpc) is 3.17. The van der Waals surface area contributed by atoms with E-state index >= 15 is 0 Å². The van der Waals surface area contributed by atoms with Crippen LogP contribution in [-0.2, 0) is 11.2 Å². The van der Waals surface area contributed by atoms with E-state index in [1.165, 1.54) is 37.1 Å². The van der Waals surface area contributed by atoms with Crippen LogP contribution in [0.25, 0.3) is 0 Å². The summed E-state index contributed by atoms with van der Waals surface area (Å²) in [6.07, 6.45) is 3.42. The van der Waals surface area contributed by atoms with Gasteiger partial charge in [0, 0.05) is 13.1 Å². The molecule has 4 nitrogen and oxygen atoms in total. The molecule has 150 valence electrons. The summed E-state index contributed by atoms with van der Waals surface area (Å²) in [6.45, 7) is 4.98. The highest BCUT2D eigenvalue weighted by molar-refractivity contribution is 5.78. The molecule has 3 saturated heterocycles. The first kappa shape index (κ1) is 17.5. The molecule has 2 aromatic carbocycles. The predicted octanol–water partition coefficient (Wildman–Crippen LogP) is 3.62. The monoisotopic (exact) mass is 391 g/mol. The summed E-state index contributed by atoms with van der Waals surface area (Å²) in [7, 11) is 0. The Hall–Kier alpha value is -2.40. The minimum absolute atomic E-state index is 0.00975. The number of fused-ring (bicyclic) bond motifs is 3. The van der Waals surface area contributed by atoms with E-state index in [1.807, 2.05) is 12.1 Å². The lowest BCUT2D eigenvalue weighted by Crippen LogP contribution is -2.58. The molecule has 7 rings (SSSR count). The van der Waals surface area contributed by atoms with Crippen LogP contribution in [0, 0.1) is 11.7 Å². The van der Waals surface area contributed by atoms with Crippen molar-refractivity contribution in [2.45, 2.75) is 30.8 Å². The van der Waals surface area contributed by atoms with Crippen LogP contribution >= 0.6 is 0 Å². The van der Waals surface area contributed by atoms with Crippen LogP contribution in [0.15, 0.2) is 53.5 Å². The molecule has 0 amide bonds. The lowest BCUT2D eigenvalue weighted by Gasteiger charge is -2.48. The van der Waals surface area contributed by atoms with Crippen molar-refractivity contribution in [2.75, 3.05) is 32.8 Å². The minimum atomic E-state index is -0.204. The van der Waals surface area contributed by atoms with Crippen molar-refractivity contribution in [1.29, 1.82) is 0 Å². The fourth-order valence-corrected chi connectivity index (χ4v) is 5.80. The standard InChI is InChI=1S/C24H26FN3O/c25-20-7-5-18(6-8-20)22-21-4-2-1-3-17(21)9-14-28(22)23-26-24(16-29-23)15-27-12-10-19(24)11-13-27/h1-8,19,22H,9-16H2/t22-,24-/m0/s1. The van der Waals surface area contributed by atoms with Crippen LogP contribution < -0.4 is 0 Å². The molecule has 0 N–H and O–H groups in total. The second-order valence-corrected chi connectivity index (χ2v) is 8.93. The maximum absolute atomic E-state index is 13.6. The topological polar surface area (TPSA) is 28.1 Å². The van der Waals surface area contributed by atoms with Crippen molar-refractivity contribution < 1.29 is 9.13 Å². The zero-order valence-electron chi connectivity index (χ0n) is 16.6. The maximum Gasteiger partial charge on any atom is 0.288 e. The van der Waals surface area contributed by atoms with E-state index < -0.39 is 0 Å². The summed E-state index contributed by atoms with van der Waals surface area (Å²) in [6, 6.07) is 16.3. The number of ether oxygens (including phenoxy) is 1. The van der Waals surface area contributed by atoms with Gasteiger partial charge in [0.1, 0.15) is 18.0 Å². The molecule has 0 aromatic heterocycles. The third-order valence-electron chi connectivity index (χ3n) is 7.33. The Morgan fingerprint density at radius 2 is 1.79 bits per heavy atom. The zero-order chi connectivity index (χ0) is 19.4. The summed E-state index contributed by atoms with van der Waals surface area (Å²) in [5.41, 5.74) is 3.64. The van der Waals surface area contributed by atoms with Gasteiger partial charge < -0.3 is 14.5 Å². The Labute approximate surface area is 171 Å². The molecule has 5 heterocycles. The van der Waals surface area contributed by atoms with E-state index in [0.29, 0.717) is 12.5 Å². The molecule has 5 aliphatic rings. The largest absolute Gasteiger partial charge is 0.462 e. The fraction of sp³-hybridized carbons (Fsp3) is 0.458. The Bertz CT molecular complexity index is 951. The molecule has 0 aliphatic carbocycles. The summed E-state index contributed by atoms with van der Waals surface area (Å²) in [5, 5.41) is 0. The highest BCUT2D eigenvalue weighted by Crippen LogP contribution is 2.43. The number of piperidine rings is 3. The summed E-state index contributed by atoms with van der Waals surface area (Å²) in [5.74, 6) is 0.427. The molecule has 2 aromatic rings. The van der Waals surface area contributed by atoms with Crippen LogP contribution in [-0.4, -0.2) is 54.1 Å². The Kier molecular flexibility index (Phi) is 3.95. The fourth-order valence-electron chi connectivity index (χ4n) is 5.80. The summed E-state index contributed by atoms with van der Waals surface area (Å²) in [4.78, 5) is 10.1. The molecule has 0 saturated carbocycles. The van der Waals surface area contributed by atoms with Crippen LogP contribution in [0.1, 0.15) is 35.6 Å². The van der Waals surface area contributed by atoms with Gasteiger partial charge in [-0.25, -0.2) is 9.38 Å². The Balaban J connectivity index is 1.40. The lowest BCUT2D eigenvalue weighted by atomic mass is 9.74. The third-order valence-corrected chi connectivity index (χ3v) is 7.33. The van der Waals surface area contributed by atoms with Crippen molar-refractivity contribution in [2.24, 2.45) is 10.9 Å². The van der Waals surface area contributed by atoms with Crippen molar-refractivity contribution in [3.63, 3.8) is 0 Å². The van der Waals surface area contributed by atoms with E-state index in [1.54, 1.807) is 12.1 Å². The van der Waals surface area contributed by atoms with Crippen LogP contribution in [0.5, 0.6) is 0 Å². The molecular formula is C24H26FN3O. The van der Waals surface area contributed by atoms with Gasteiger partial charge >= 0.3 is 0 Å². The van der Waals surface area contributed by atoms with Crippen molar-refractivity contribution in [3.05, 3.63) is 71.0 Å².